The number of ether oxygens (including phenoxy) is 1. The Bertz CT molecular complexity index is 1550. The Hall–Kier alpha value is -3.76. The second kappa shape index (κ2) is 9.71. The summed E-state index contributed by atoms with van der Waals surface area (Å²) in [5.41, 5.74) is 5.60. The predicted octanol–water partition coefficient (Wildman–Crippen LogP) is 4.13. The van der Waals surface area contributed by atoms with Gasteiger partial charge in [0.2, 0.25) is 10.0 Å². The van der Waals surface area contributed by atoms with E-state index in [2.05, 4.69) is 31.1 Å². The van der Waals surface area contributed by atoms with Gasteiger partial charge in [0.1, 0.15) is 23.5 Å². The normalized spacial score (nSPS) is 16.1. The van der Waals surface area contributed by atoms with Crippen LogP contribution in [-0.4, -0.2) is 49.3 Å². The average molecular weight is 508 g/mol. The zero-order valence-corrected chi connectivity index (χ0v) is 20.7. The van der Waals surface area contributed by atoms with Gasteiger partial charge >= 0.3 is 0 Å². The number of anilines is 1. The van der Waals surface area contributed by atoms with Crippen molar-refractivity contribution in [1.29, 1.82) is 0 Å². The van der Waals surface area contributed by atoms with Gasteiger partial charge < -0.3 is 15.0 Å². The Labute approximate surface area is 208 Å². The molecule has 5 rings (SSSR count). The summed E-state index contributed by atoms with van der Waals surface area (Å²) in [6.45, 7) is 0.722. The molecule has 1 unspecified atom stereocenters. The van der Waals surface area contributed by atoms with Crippen LogP contribution in [0.3, 0.4) is 0 Å². The summed E-state index contributed by atoms with van der Waals surface area (Å²) in [6, 6.07) is 14.0. The van der Waals surface area contributed by atoms with E-state index >= 15 is 0 Å². The van der Waals surface area contributed by atoms with Crippen LogP contribution in [0.4, 0.5) is 10.1 Å². The first-order chi connectivity index (χ1) is 17.3. The van der Waals surface area contributed by atoms with Crippen LogP contribution >= 0.6 is 0 Å². The van der Waals surface area contributed by atoms with Crippen LogP contribution in [0, 0.1) is 5.82 Å². The fourth-order valence-corrected chi connectivity index (χ4v) is 5.10. The lowest BCUT2D eigenvalue weighted by Gasteiger charge is -2.24. The van der Waals surface area contributed by atoms with E-state index in [9.17, 15) is 12.8 Å². The van der Waals surface area contributed by atoms with Gasteiger partial charge in [0.05, 0.1) is 19.1 Å². The lowest BCUT2D eigenvalue weighted by atomic mass is 9.94. The summed E-state index contributed by atoms with van der Waals surface area (Å²) in [7, 11) is -1.75. The average Bonchev–Trinajstić information content (AvgIpc) is 3.29. The SMILES string of the molecule is COc1ccc(F)cc1-c1ncnc2[nH]c(C3=CCNC(Cc4ccc(NS(C)(=O)=O)cc4)C3)cc12. The van der Waals surface area contributed by atoms with Crippen LogP contribution in [0.25, 0.3) is 27.9 Å². The van der Waals surface area contributed by atoms with Crippen LogP contribution in [-0.2, 0) is 16.4 Å². The summed E-state index contributed by atoms with van der Waals surface area (Å²) in [6.07, 6.45) is 6.33. The number of aromatic amines is 1. The minimum Gasteiger partial charge on any atom is -0.496 e. The number of methoxy groups -OCH3 is 1. The fourth-order valence-electron chi connectivity index (χ4n) is 4.53. The van der Waals surface area contributed by atoms with Gasteiger partial charge in [-0.05, 0) is 60.4 Å². The van der Waals surface area contributed by atoms with Gasteiger partial charge in [-0.2, -0.15) is 0 Å². The second-order valence-corrected chi connectivity index (χ2v) is 10.6. The predicted molar refractivity (Wildman–Crippen MR) is 139 cm³/mol. The Morgan fingerprint density at radius 2 is 1.94 bits per heavy atom. The number of fused-ring (bicyclic) bond motifs is 1. The van der Waals surface area contributed by atoms with E-state index in [4.69, 9.17) is 4.74 Å². The lowest BCUT2D eigenvalue weighted by molar-refractivity contribution is 0.415. The molecule has 0 saturated carbocycles. The van der Waals surface area contributed by atoms with E-state index in [-0.39, 0.29) is 11.9 Å². The van der Waals surface area contributed by atoms with E-state index in [0.29, 0.717) is 28.3 Å². The van der Waals surface area contributed by atoms with E-state index < -0.39 is 10.0 Å². The highest BCUT2D eigenvalue weighted by molar-refractivity contribution is 7.92. The molecule has 36 heavy (non-hydrogen) atoms. The summed E-state index contributed by atoms with van der Waals surface area (Å²) in [4.78, 5) is 12.2. The lowest BCUT2D eigenvalue weighted by Crippen LogP contribution is -2.34. The molecule has 0 saturated heterocycles. The molecule has 2 aromatic carbocycles. The number of H-pyrrole nitrogens is 1. The number of nitrogens with zero attached hydrogens (tertiary/aromatic N) is 2. The van der Waals surface area contributed by atoms with Crippen molar-refractivity contribution in [1.82, 2.24) is 20.3 Å². The first-order valence-corrected chi connectivity index (χ1v) is 13.4. The summed E-state index contributed by atoms with van der Waals surface area (Å²) in [5, 5.41) is 4.32. The Balaban J connectivity index is 1.37. The van der Waals surface area contributed by atoms with Gasteiger partial charge in [-0.3, -0.25) is 4.72 Å². The third-order valence-corrected chi connectivity index (χ3v) is 6.76. The molecule has 186 valence electrons. The number of rotatable bonds is 7. The van der Waals surface area contributed by atoms with Crippen LogP contribution in [0.2, 0.25) is 0 Å². The van der Waals surface area contributed by atoms with Crippen molar-refractivity contribution in [3.63, 3.8) is 0 Å². The zero-order chi connectivity index (χ0) is 25.3. The maximum absolute atomic E-state index is 14.0. The van der Waals surface area contributed by atoms with E-state index in [1.807, 2.05) is 18.2 Å². The molecule has 3 N–H and O–H groups in total. The molecular weight excluding hydrogens is 481 g/mol. The first kappa shape index (κ1) is 24.0. The second-order valence-electron chi connectivity index (χ2n) is 8.83. The number of nitrogens with one attached hydrogen (secondary N) is 3. The fraction of sp³-hybridized carbons (Fsp3) is 0.231. The number of hydrogen-bond donors (Lipinski definition) is 3. The van der Waals surface area contributed by atoms with Crippen molar-refractivity contribution in [2.45, 2.75) is 18.9 Å². The van der Waals surface area contributed by atoms with Crippen LogP contribution in [0.5, 0.6) is 5.75 Å². The molecule has 0 spiro atoms. The van der Waals surface area contributed by atoms with Crippen molar-refractivity contribution < 1.29 is 17.5 Å². The minimum atomic E-state index is -3.30. The highest BCUT2D eigenvalue weighted by Crippen LogP contribution is 2.35. The molecule has 3 heterocycles. The highest BCUT2D eigenvalue weighted by atomic mass is 32.2. The van der Waals surface area contributed by atoms with Gasteiger partial charge in [-0.15, -0.1) is 0 Å². The third-order valence-electron chi connectivity index (χ3n) is 6.15. The van der Waals surface area contributed by atoms with Crippen molar-refractivity contribution in [2.24, 2.45) is 0 Å². The van der Waals surface area contributed by atoms with Gasteiger partial charge in [-0.25, -0.2) is 22.8 Å². The number of hydrogen-bond acceptors (Lipinski definition) is 6. The maximum Gasteiger partial charge on any atom is 0.229 e. The first-order valence-electron chi connectivity index (χ1n) is 11.5. The van der Waals surface area contributed by atoms with Crippen LogP contribution in [0.15, 0.2) is 60.9 Å². The molecule has 4 aromatic rings. The Morgan fingerprint density at radius 3 is 2.69 bits per heavy atom. The topological polar surface area (TPSA) is 109 Å². The summed E-state index contributed by atoms with van der Waals surface area (Å²) in [5.74, 6) is 0.176. The molecule has 1 aliphatic heterocycles. The number of aromatic nitrogens is 3. The minimum absolute atomic E-state index is 0.207. The monoisotopic (exact) mass is 507 g/mol. The molecule has 1 aliphatic rings. The molecule has 0 aliphatic carbocycles. The summed E-state index contributed by atoms with van der Waals surface area (Å²) >= 11 is 0. The maximum atomic E-state index is 14.0. The molecule has 0 bridgehead atoms. The van der Waals surface area contributed by atoms with Gasteiger partial charge in [-0.1, -0.05) is 18.2 Å². The van der Waals surface area contributed by atoms with Crippen molar-refractivity contribution in [3.05, 3.63) is 78.0 Å². The summed E-state index contributed by atoms with van der Waals surface area (Å²) < 4.78 is 44.8. The van der Waals surface area contributed by atoms with E-state index in [1.165, 1.54) is 18.5 Å². The van der Waals surface area contributed by atoms with Crippen LogP contribution in [0.1, 0.15) is 17.7 Å². The molecule has 1 atom stereocenters. The molecule has 10 heteroatoms. The van der Waals surface area contributed by atoms with Crippen molar-refractivity contribution >= 4 is 32.3 Å². The van der Waals surface area contributed by atoms with E-state index in [1.54, 1.807) is 25.3 Å². The van der Waals surface area contributed by atoms with Gasteiger partial charge in [0.25, 0.3) is 0 Å². The van der Waals surface area contributed by atoms with Crippen molar-refractivity contribution in [3.8, 4) is 17.0 Å². The molecule has 8 nitrogen and oxygen atoms in total. The molecule has 2 aromatic heterocycles. The van der Waals surface area contributed by atoms with Crippen molar-refractivity contribution in [2.75, 3.05) is 24.6 Å². The standard InChI is InChI=1S/C26H26FN5O3S/c1-35-24-8-5-18(27)13-21(24)25-22-14-23(31-26(22)30-15-29-25)17-9-10-28-20(12-17)11-16-3-6-19(7-4-16)32-36(2,33)34/h3-9,13-15,20,28,32H,10-12H2,1-2H3,(H,29,30,31). The Morgan fingerprint density at radius 1 is 1.14 bits per heavy atom. The molecule has 0 amide bonds. The number of sulfonamides is 1. The van der Waals surface area contributed by atoms with Gasteiger partial charge in [0, 0.05) is 34.9 Å². The highest BCUT2D eigenvalue weighted by Gasteiger charge is 2.20. The van der Waals surface area contributed by atoms with Crippen LogP contribution < -0.4 is 14.8 Å². The smallest absolute Gasteiger partial charge is 0.229 e. The zero-order valence-electron chi connectivity index (χ0n) is 19.9. The number of halogens is 1. The number of benzene rings is 2. The molecular formula is C26H26FN5O3S. The van der Waals surface area contributed by atoms with Gasteiger partial charge in [0.15, 0.2) is 0 Å². The Kier molecular flexibility index (Phi) is 6.46. The third kappa shape index (κ3) is 5.24. The van der Waals surface area contributed by atoms with E-state index in [0.717, 1.165) is 47.9 Å². The largest absolute Gasteiger partial charge is 0.496 e. The quantitative estimate of drug-likeness (QED) is 0.347. The molecule has 0 fully saturated rings. The molecule has 0 radical (unpaired) electrons.